The van der Waals surface area contributed by atoms with Crippen molar-refractivity contribution in [3.63, 3.8) is 0 Å². The summed E-state index contributed by atoms with van der Waals surface area (Å²) in [7, 11) is 0. The second-order valence-electron chi connectivity index (χ2n) is 5.54. The molecule has 1 N–H and O–H groups in total. The van der Waals surface area contributed by atoms with E-state index in [9.17, 15) is 4.79 Å². The summed E-state index contributed by atoms with van der Waals surface area (Å²) in [6, 6.07) is 0. The van der Waals surface area contributed by atoms with Crippen LogP contribution < -0.4 is 5.43 Å². The van der Waals surface area contributed by atoms with Crippen molar-refractivity contribution in [2.75, 3.05) is 25.1 Å². The minimum absolute atomic E-state index is 0.227. The Morgan fingerprint density at radius 1 is 1.45 bits per heavy atom. The topological polar surface area (TPSA) is 54.5 Å². The Kier molecular flexibility index (Phi) is 4.99. The summed E-state index contributed by atoms with van der Waals surface area (Å²) in [4.78, 5) is 16.5. The predicted octanol–water partition coefficient (Wildman–Crippen LogP) is 2.80. The average molecular weight is 297 g/mol. The van der Waals surface area contributed by atoms with Crippen LogP contribution in [0.2, 0.25) is 0 Å². The number of nitrogens with one attached hydrogen (secondary N) is 1. The minimum atomic E-state index is -0.700. The number of carbonyl (C=O) groups is 1. The van der Waals surface area contributed by atoms with E-state index in [4.69, 9.17) is 4.74 Å². The standard InChI is InChI=1S/C14H23N3O2S/c1-4-19-12(18)14(2,3)11-10-20-13(15-11)16-17-8-6-5-7-9-17/h10H,4-9H2,1-3H3,(H,15,16). The summed E-state index contributed by atoms with van der Waals surface area (Å²) in [5, 5.41) is 4.98. The molecule has 0 spiro atoms. The van der Waals surface area contributed by atoms with E-state index in [2.05, 4.69) is 15.4 Å². The predicted molar refractivity (Wildman–Crippen MR) is 80.8 cm³/mol. The van der Waals surface area contributed by atoms with Crippen LogP contribution in [0.1, 0.15) is 45.7 Å². The first kappa shape index (κ1) is 15.3. The van der Waals surface area contributed by atoms with Gasteiger partial charge in [0.25, 0.3) is 0 Å². The van der Waals surface area contributed by atoms with Crippen LogP contribution >= 0.6 is 11.3 Å². The Balaban J connectivity index is 2.02. The van der Waals surface area contributed by atoms with Crippen molar-refractivity contribution >= 4 is 22.4 Å². The first-order chi connectivity index (χ1) is 9.54. The third-order valence-corrected chi connectivity index (χ3v) is 4.29. The smallest absolute Gasteiger partial charge is 0.317 e. The fourth-order valence-corrected chi connectivity index (χ4v) is 3.07. The molecule has 1 aromatic heterocycles. The maximum Gasteiger partial charge on any atom is 0.317 e. The minimum Gasteiger partial charge on any atom is -0.465 e. The molecule has 0 saturated carbocycles. The molecule has 0 bridgehead atoms. The molecule has 0 aromatic carbocycles. The lowest BCUT2D eigenvalue weighted by Crippen LogP contribution is -2.35. The largest absolute Gasteiger partial charge is 0.465 e. The average Bonchev–Trinajstić information content (AvgIpc) is 2.89. The molecule has 5 nitrogen and oxygen atoms in total. The molecule has 0 atom stereocenters. The number of aromatic nitrogens is 1. The first-order valence-corrected chi connectivity index (χ1v) is 8.07. The summed E-state index contributed by atoms with van der Waals surface area (Å²) in [5.74, 6) is -0.227. The van der Waals surface area contributed by atoms with Crippen LogP contribution in [0.15, 0.2) is 5.38 Å². The highest BCUT2D eigenvalue weighted by Crippen LogP contribution is 2.28. The quantitative estimate of drug-likeness (QED) is 0.847. The number of rotatable bonds is 5. The van der Waals surface area contributed by atoms with Crippen molar-refractivity contribution in [3.8, 4) is 0 Å². The van der Waals surface area contributed by atoms with Crippen molar-refractivity contribution in [3.05, 3.63) is 11.1 Å². The van der Waals surface area contributed by atoms with Gasteiger partial charge in [-0.15, -0.1) is 11.3 Å². The van der Waals surface area contributed by atoms with E-state index in [1.807, 2.05) is 26.2 Å². The molecule has 1 saturated heterocycles. The Morgan fingerprint density at radius 2 is 2.15 bits per heavy atom. The second-order valence-corrected chi connectivity index (χ2v) is 6.40. The molecule has 0 unspecified atom stereocenters. The fourth-order valence-electron chi connectivity index (χ4n) is 2.17. The maximum atomic E-state index is 12.0. The molecule has 112 valence electrons. The zero-order chi connectivity index (χ0) is 14.6. The lowest BCUT2D eigenvalue weighted by Gasteiger charge is -2.26. The Hall–Kier alpha value is -1.14. The normalized spacial score (nSPS) is 16.9. The van der Waals surface area contributed by atoms with Gasteiger partial charge in [-0.05, 0) is 33.6 Å². The molecule has 0 radical (unpaired) electrons. The van der Waals surface area contributed by atoms with E-state index in [0.29, 0.717) is 6.61 Å². The SMILES string of the molecule is CCOC(=O)C(C)(C)c1csc(NN2CCCCC2)n1. The van der Waals surface area contributed by atoms with E-state index in [1.165, 1.54) is 30.6 Å². The van der Waals surface area contributed by atoms with Crippen LogP contribution in [0.25, 0.3) is 0 Å². The van der Waals surface area contributed by atoms with Crippen LogP contribution in [0.4, 0.5) is 5.13 Å². The zero-order valence-corrected chi connectivity index (χ0v) is 13.3. The van der Waals surface area contributed by atoms with Crippen molar-refractivity contribution in [2.45, 2.75) is 45.4 Å². The highest BCUT2D eigenvalue weighted by molar-refractivity contribution is 7.13. The molecule has 1 fully saturated rings. The summed E-state index contributed by atoms with van der Waals surface area (Å²) in [6.07, 6.45) is 3.75. The van der Waals surface area contributed by atoms with Crippen molar-refractivity contribution in [2.24, 2.45) is 0 Å². The van der Waals surface area contributed by atoms with Crippen LogP contribution in [-0.2, 0) is 14.9 Å². The number of esters is 1. The molecule has 20 heavy (non-hydrogen) atoms. The first-order valence-electron chi connectivity index (χ1n) is 7.19. The van der Waals surface area contributed by atoms with E-state index >= 15 is 0 Å². The number of ether oxygens (including phenoxy) is 1. The van der Waals surface area contributed by atoms with Crippen molar-refractivity contribution in [1.29, 1.82) is 0 Å². The van der Waals surface area contributed by atoms with Crippen molar-refractivity contribution < 1.29 is 9.53 Å². The van der Waals surface area contributed by atoms with Gasteiger partial charge in [-0.1, -0.05) is 6.42 Å². The summed E-state index contributed by atoms with van der Waals surface area (Å²) < 4.78 is 5.12. The number of piperidine rings is 1. The number of hydrogen-bond donors (Lipinski definition) is 1. The van der Waals surface area contributed by atoms with E-state index in [0.717, 1.165) is 23.9 Å². The number of hydrogen-bond acceptors (Lipinski definition) is 6. The Bertz CT molecular complexity index is 453. The number of hydrazine groups is 1. The Morgan fingerprint density at radius 3 is 2.80 bits per heavy atom. The highest BCUT2D eigenvalue weighted by Gasteiger charge is 2.34. The molecule has 1 aliphatic rings. The van der Waals surface area contributed by atoms with Gasteiger partial charge in [0.2, 0.25) is 0 Å². The summed E-state index contributed by atoms with van der Waals surface area (Å²) >= 11 is 1.53. The van der Waals surface area contributed by atoms with E-state index < -0.39 is 5.41 Å². The third kappa shape index (κ3) is 3.49. The van der Waals surface area contributed by atoms with Gasteiger partial charge < -0.3 is 4.74 Å². The molecular weight excluding hydrogens is 274 g/mol. The molecule has 2 heterocycles. The van der Waals surface area contributed by atoms with Gasteiger partial charge in [0.15, 0.2) is 5.13 Å². The third-order valence-electron chi connectivity index (χ3n) is 3.54. The lowest BCUT2D eigenvalue weighted by molar-refractivity contribution is -0.148. The molecule has 0 amide bonds. The number of anilines is 1. The van der Waals surface area contributed by atoms with Gasteiger partial charge >= 0.3 is 5.97 Å². The number of nitrogens with zero attached hydrogens (tertiary/aromatic N) is 2. The number of carbonyl (C=O) groups excluding carboxylic acids is 1. The second kappa shape index (κ2) is 6.54. The van der Waals surface area contributed by atoms with Gasteiger partial charge in [-0.25, -0.2) is 9.99 Å². The van der Waals surface area contributed by atoms with Gasteiger partial charge in [0, 0.05) is 18.5 Å². The number of thiazole rings is 1. The monoisotopic (exact) mass is 297 g/mol. The summed E-state index contributed by atoms with van der Waals surface area (Å²) in [6.45, 7) is 8.02. The molecule has 2 rings (SSSR count). The molecule has 1 aromatic rings. The van der Waals surface area contributed by atoms with Gasteiger partial charge in [-0.2, -0.15) is 0 Å². The van der Waals surface area contributed by atoms with Crippen LogP contribution in [0.3, 0.4) is 0 Å². The zero-order valence-electron chi connectivity index (χ0n) is 12.4. The molecule has 0 aliphatic carbocycles. The van der Waals surface area contributed by atoms with Gasteiger partial charge in [0.05, 0.1) is 12.3 Å². The van der Waals surface area contributed by atoms with E-state index in [1.54, 1.807) is 0 Å². The maximum absolute atomic E-state index is 12.0. The fraction of sp³-hybridized carbons (Fsp3) is 0.714. The molecule has 1 aliphatic heterocycles. The van der Waals surface area contributed by atoms with Crippen LogP contribution in [0.5, 0.6) is 0 Å². The Labute approximate surface area is 124 Å². The van der Waals surface area contributed by atoms with E-state index in [-0.39, 0.29) is 5.97 Å². The summed E-state index contributed by atoms with van der Waals surface area (Å²) in [5.41, 5.74) is 3.40. The van der Waals surface area contributed by atoms with Gasteiger partial charge in [0.1, 0.15) is 5.41 Å². The lowest BCUT2D eigenvalue weighted by atomic mass is 9.90. The van der Waals surface area contributed by atoms with Gasteiger partial charge in [-0.3, -0.25) is 10.2 Å². The highest BCUT2D eigenvalue weighted by atomic mass is 32.1. The van der Waals surface area contributed by atoms with Crippen LogP contribution in [-0.4, -0.2) is 35.7 Å². The molecule has 6 heteroatoms. The van der Waals surface area contributed by atoms with Crippen molar-refractivity contribution in [1.82, 2.24) is 9.99 Å². The molecular formula is C14H23N3O2S. The van der Waals surface area contributed by atoms with Crippen LogP contribution in [0, 0.1) is 0 Å².